The summed E-state index contributed by atoms with van der Waals surface area (Å²) in [6, 6.07) is 0. The number of carbonyl (C=O) groups is 1. The summed E-state index contributed by atoms with van der Waals surface area (Å²) in [7, 11) is 0. The smallest absolute Gasteiger partial charge is 0.269 e. The van der Waals surface area contributed by atoms with Gasteiger partial charge in [0.2, 0.25) is 0 Å². The highest BCUT2D eigenvalue weighted by Crippen LogP contribution is 1.69. The van der Waals surface area contributed by atoms with E-state index >= 15 is 0 Å². The summed E-state index contributed by atoms with van der Waals surface area (Å²) in [4.78, 5) is 13.0. The maximum atomic E-state index is 9.54. The average molecular weight is 116 g/mol. The predicted octanol–water partition coefficient (Wildman–Crippen LogP) is -0.427. The highest BCUT2D eigenvalue weighted by atomic mass is 24.3. The maximum absolute atomic E-state index is 9.54. The molecule has 0 saturated heterocycles. The van der Waals surface area contributed by atoms with E-state index in [0.717, 1.165) is 6.92 Å². The van der Waals surface area contributed by atoms with Gasteiger partial charge in [-0.25, -0.2) is 10.1 Å². The lowest BCUT2D eigenvalue weighted by molar-refractivity contribution is -0.461. The molecular formula is C2H4MgO4. The molecule has 0 aliphatic carbocycles. The van der Waals surface area contributed by atoms with Gasteiger partial charge in [0.05, 0.1) is 0 Å². The van der Waals surface area contributed by atoms with Crippen LogP contribution in [0, 0.1) is 0 Å². The summed E-state index contributed by atoms with van der Waals surface area (Å²) in [6.45, 7) is 1.11. The minimum atomic E-state index is -0.683. The Balaban J connectivity index is 0. The predicted molar refractivity (Wildman–Crippen MR) is 21.2 cm³/mol. The van der Waals surface area contributed by atoms with Crippen molar-refractivity contribution >= 4 is 29.0 Å². The SMILES string of the molecule is CC(=O)OOO.[Mg]. The molecule has 38 valence electrons. The fraction of sp³-hybridized carbons (Fsp3) is 0.500. The minimum absolute atomic E-state index is 0. The molecule has 0 fully saturated rings. The molecule has 4 nitrogen and oxygen atoms in total. The van der Waals surface area contributed by atoms with Crippen LogP contribution >= 0.6 is 0 Å². The van der Waals surface area contributed by atoms with E-state index in [1.54, 1.807) is 0 Å². The van der Waals surface area contributed by atoms with Crippen molar-refractivity contribution in [2.24, 2.45) is 0 Å². The van der Waals surface area contributed by atoms with Gasteiger partial charge in [0, 0.05) is 30.0 Å². The second kappa shape index (κ2) is 6.16. The highest BCUT2D eigenvalue weighted by molar-refractivity contribution is 5.75. The molecule has 0 aromatic heterocycles. The van der Waals surface area contributed by atoms with Crippen LogP contribution in [0.4, 0.5) is 0 Å². The molecule has 0 aliphatic rings. The lowest BCUT2D eigenvalue weighted by atomic mass is 10.9. The lowest BCUT2D eigenvalue weighted by Gasteiger charge is -1.84. The Morgan fingerprint density at radius 2 is 2.14 bits per heavy atom. The van der Waals surface area contributed by atoms with Crippen molar-refractivity contribution in [3.63, 3.8) is 0 Å². The average Bonchev–Trinajstić information content (AvgIpc) is 1.35. The first-order chi connectivity index (χ1) is 2.77. The largest absolute Gasteiger partial charge is 0.342 e. The molecule has 0 bridgehead atoms. The van der Waals surface area contributed by atoms with Crippen LogP contribution in [0.1, 0.15) is 6.92 Å². The van der Waals surface area contributed by atoms with Crippen LogP contribution in [0.15, 0.2) is 0 Å². The van der Waals surface area contributed by atoms with E-state index in [1.165, 1.54) is 0 Å². The monoisotopic (exact) mass is 116 g/mol. The van der Waals surface area contributed by atoms with Gasteiger partial charge in [-0.2, -0.15) is 0 Å². The fourth-order valence-corrected chi connectivity index (χ4v) is 0.0525. The van der Waals surface area contributed by atoms with Crippen molar-refractivity contribution in [1.29, 1.82) is 0 Å². The Bertz CT molecular complexity index is 53.7. The van der Waals surface area contributed by atoms with Crippen molar-refractivity contribution in [2.45, 2.75) is 6.92 Å². The summed E-state index contributed by atoms with van der Waals surface area (Å²) in [6.07, 6.45) is 0. The van der Waals surface area contributed by atoms with Crippen LogP contribution in [0.25, 0.3) is 0 Å². The number of rotatable bonds is 1. The minimum Gasteiger partial charge on any atom is -0.269 e. The van der Waals surface area contributed by atoms with Gasteiger partial charge in [0.15, 0.2) is 0 Å². The van der Waals surface area contributed by atoms with Gasteiger partial charge in [0.1, 0.15) is 0 Å². The zero-order chi connectivity index (χ0) is 4.99. The van der Waals surface area contributed by atoms with E-state index in [0.29, 0.717) is 0 Å². The van der Waals surface area contributed by atoms with Gasteiger partial charge < -0.3 is 0 Å². The van der Waals surface area contributed by atoms with Crippen molar-refractivity contribution < 1.29 is 20.0 Å². The third-order valence-electron chi connectivity index (χ3n) is 0.155. The molecule has 0 rings (SSSR count). The van der Waals surface area contributed by atoms with Gasteiger partial charge in [-0.15, -0.1) is 0 Å². The van der Waals surface area contributed by atoms with Crippen molar-refractivity contribution in [2.75, 3.05) is 0 Å². The summed E-state index contributed by atoms with van der Waals surface area (Å²) in [5, 5.41) is 10.2. The summed E-state index contributed by atoms with van der Waals surface area (Å²) < 4.78 is 0. The van der Waals surface area contributed by atoms with Gasteiger partial charge >= 0.3 is 5.97 Å². The molecule has 0 amide bonds. The van der Waals surface area contributed by atoms with E-state index in [-0.39, 0.29) is 23.1 Å². The molecule has 0 atom stereocenters. The van der Waals surface area contributed by atoms with Gasteiger partial charge in [-0.05, 0) is 5.04 Å². The normalized spacial score (nSPS) is 6.57. The molecule has 5 heteroatoms. The quantitative estimate of drug-likeness (QED) is 0.287. The highest BCUT2D eigenvalue weighted by Gasteiger charge is 1.85. The molecule has 0 saturated carbocycles. The molecule has 2 radical (unpaired) electrons. The molecule has 1 N–H and O–H groups in total. The second-order valence-corrected chi connectivity index (χ2v) is 0.649. The van der Waals surface area contributed by atoms with E-state index in [2.05, 4.69) is 9.93 Å². The zero-order valence-corrected chi connectivity index (χ0v) is 5.29. The third kappa shape index (κ3) is 10.7. The molecule has 0 aromatic rings. The first-order valence-corrected chi connectivity index (χ1v) is 1.26. The Kier molecular flexibility index (Phi) is 8.97. The molecule has 0 unspecified atom stereocenters. The van der Waals surface area contributed by atoms with Crippen LogP contribution in [0.2, 0.25) is 0 Å². The van der Waals surface area contributed by atoms with Crippen LogP contribution < -0.4 is 0 Å². The zero-order valence-electron chi connectivity index (χ0n) is 3.88. The Morgan fingerprint density at radius 3 is 2.14 bits per heavy atom. The number of carbonyl (C=O) groups excluding carboxylic acids is 1. The first kappa shape index (κ1) is 10.2. The van der Waals surface area contributed by atoms with Gasteiger partial charge in [-0.1, -0.05) is 0 Å². The molecule has 0 aliphatic heterocycles. The third-order valence-corrected chi connectivity index (χ3v) is 0.155. The van der Waals surface area contributed by atoms with E-state index in [1.807, 2.05) is 0 Å². The number of hydrogen-bond acceptors (Lipinski definition) is 4. The van der Waals surface area contributed by atoms with Crippen LogP contribution in [0.5, 0.6) is 0 Å². The topological polar surface area (TPSA) is 55.8 Å². The fourth-order valence-electron chi connectivity index (χ4n) is 0.0525. The van der Waals surface area contributed by atoms with E-state index in [9.17, 15) is 4.79 Å². The van der Waals surface area contributed by atoms with Gasteiger partial charge in [0.25, 0.3) is 0 Å². The lowest BCUT2D eigenvalue weighted by Crippen LogP contribution is -1.95. The summed E-state index contributed by atoms with van der Waals surface area (Å²) in [5.41, 5.74) is 0. The summed E-state index contributed by atoms with van der Waals surface area (Å²) in [5.74, 6) is -0.683. The molecule has 0 aromatic carbocycles. The summed E-state index contributed by atoms with van der Waals surface area (Å²) >= 11 is 0. The van der Waals surface area contributed by atoms with Crippen molar-refractivity contribution in [1.82, 2.24) is 0 Å². The molecular weight excluding hydrogens is 112 g/mol. The standard InChI is InChI=1S/C2H4O4.Mg/c1-2(3)5-6-4;/h4H,1H3;. The number of hydrogen-bond donors (Lipinski definition) is 1. The van der Waals surface area contributed by atoms with Gasteiger partial charge in [-0.3, -0.25) is 4.89 Å². The first-order valence-electron chi connectivity index (χ1n) is 1.26. The molecule has 0 spiro atoms. The van der Waals surface area contributed by atoms with Crippen LogP contribution in [-0.4, -0.2) is 34.3 Å². The van der Waals surface area contributed by atoms with Crippen molar-refractivity contribution in [3.05, 3.63) is 0 Å². The Hall–Kier alpha value is 0.156. The van der Waals surface area contributed by atoms with E-state index in [4.69, 9.17) is 5.26 Å². The second-order valence-electron chi connectivity index (χ2n) is 0.649. The molecule has 0 heterocycles. The maximum Gasteiger partial charge on any atom is 0.342 e. The molecule has 7 heavy (non-hydrogen) atoms. The van der Waals surface area contributed by atoms with Crippen LogP contribution in [0.3, 0.4) is 0 Å². The van der Waals surface area contributed by atoms with E-state index < -0.39 is 5.97 Å². The van der Waals surface area contributed by atoms with Crippen molar-refractivity contribution in [3.8, 4) is 0 Å². The Labute approximate surface area is 56.4 Å². The Morgan fingerprint density at radius 1 is 1.71 bits per heavy atom. The van der Waals surface area contributed by atoms with Crippen LogP contribution in [-0.2, 0) is 14.7 Å².